The average molecular weight is 447 g/mol. The van der Waals surface area contributed by atoms with Gasteiger partial charge in [0.25, 0.3) is 0 Å². The number of phosphoric acid groups is 2. The molecular formula is C12H27N5O9P2. The predicted molar refractivity (Wildman–Crippen MR) is 94.2 cm³/mol. The first kappa shape index (κ1) is 22.7. The van der Waals surface area contributed by atoms with Crippen molar-refractivity contribution in [3.63, 3.8) is 0 Å². The molecule has 0 aliphatic carbocycles. The molecule has 3 aliphatic heterocycles. The van der Waals surface area contributed by atoms with Gasteiger partial charge in [-0.15, -0.1) is 0 Å². The second kappa shape index (κ2) is 8.61. The summed E-state index contributed by atoms with van der Waals surface area (Å²) in [6.45, 7) is 0.515. The van der Waals surface area contributed by atoms with E-state index in [2.05, 4.69) is 25.4 Å². The first-order valence-electron chi connectivity index (χ1n) is 8.68. The van der Waals surface area contributed by atoms with Gasteiger partial charge in [0.2, 0.25) is 0 Å². The molecule has 6 atom stereocenters. The van der Waals surface area contributed by atoms with Crippen molar-refractivity contribution in [3.8, 4) is 0 Å². The fourth-order valence-corrected chi connectivity index (χ4v) is 4.88. The highest BCUT2D eigenvalue weighted by Crippen LogP contribution is 2.44. The van der Waals surface area contributed by atoms with Gasteiger partial charge in [0, 0.05) is 6.42 Å². The van der Waals surface area contributed by atoms with E-state index in [1.807, 2.05) is 19.0 Å². The Hall–Kier alpha value is -0.0200. The molecule has 0 aromatic rings. The van der Waals surface area contributed by atoms with E-state index in [1.54, 1.807) is 0 Å². The third-order valence-electron chi connectivity index (χ3n) is 5.08. The van der Waals surface area contributed by atoms with Gasteiger partial charge < -0.3 is 29.6 Å². The first-order chi connectivity index (χ1) is 13.0. The lowest BCUT2D eigenvalue weighted by Gasteiger charge is -2.44. The van der Waals surface area contributed by atoms with E-state index in [-0.39, 0.29) is 24.8 Å². The van der Waals surface area contributed by atoms with E-state index in [0.29, 0.717) is 13.3 Å². The van der Waals surface area contributed by atoms with Crippen LogP contribution in [0.5, 0.6) is 0 Å². The number of likely N-dealkylation sites (N-methyl/N-ethyl adjacent to an activating group) is 2. The van der Waals surface area contributed by atoms with Gasteiger partial charge in [-0.05, 0) is 14.1 Å². The summed E-state index contributed by atoms with van der Waals surface area (Å²) in [6.07, 6.45) is -2.65. The van der Waals surface area contributed by atoms with Crippen molar-refractivity contribution in [2.24, 2.45) is 0 Å². The molecular weight excluding hydrogens is 420 g/mol. The fourth-order valence-electron chi connectivity index (χ4n) is 3.96. The van der Waals surface area contributed by atoms with Gasteiger partial charge in [-0.3, -0.25) is 24.6 Å². The average Bonchev–Trinajstić information content (AvgIpc) is 3.16. The van der Waals surface area contributed by atoms with Crippen LogP contribution < -0.4 is 16.0 Å². The molecule has 3 unspecified atom stereocenters. The van der Waals surface area contributed by atoms with Crippen molar-refractivity contribution in [1.82, 2.24) is 25.8 Å². The smallest absolute Gasteiger partial charge is 0.355 e. The van der Waals surface area contributed by atoms with E-state index in [1.165, 1.54) is 0 Å². The molecule has 3 saturated heterocycles. The maximum absolute atomic E-state index is 11.3. The third-order valence-corrected chi connectivity index (χ3v) is 6.11. The minimum absolute atomic E-state index is 0.0172. The zero-order valence-electron chi connectivity index (χ0n) is 15.4. The van der Waals surface area contributed by atoms with Gasteiger partial charge in [-0.25, -0.2) is 14.0 Å². The largest absolute Gasteiger partial charge is 0.469 e. The molecule has 0 spiro atoms. The highest BCUT2D eigenvalue weighted by atomic mass is 31.2. The van der Waals surface area contributed by atoms with Gasteiger partial charge in [0.15, 0.2) is 0 Å². The minimum Gasteiger partial charge on any atom is -0.355 e. The molecule has 0 radical (unpaired) electrons. The van der Waals surface area contributed by atoms with Crippen LogP contribution in [0, 0.1) is 0 Å². The summed E-state index contributed by atoms with van der Waals surface area (Å²) in [5.74, 6) is 0. The zero-order valence-corrected chi connectivity index (χ0v) is 17.2. The Labute approximate surface area is 162 Å². The number of hydrogen-bond acceptors (Lipinski definition) is 10. The number of rotatable bonds is 7. The lowest BCUT2D eigenvalue weighted by molar-refractivity contribution is -0.109. The second-order valence-electron chi connectivity index (χ2n) is 6.99. The highest BCUT2D eigenvalue weighted by molar-refractivity contribution is 7.46. The van der Waals surface area contributed by atoms with Crippen LogP contribution in [0.15, 0.2) is 0 Å². The summed E-state index contributed by atoms with van der Waals surface area (Å²) >= 11 is 0. The van der Waals surface area contributed by atoms with Crippen molar-refractivity contribution in [2.75, 3.05) is 34.0 Å². The third kappa shape index (κ3) is 5.36. The van der Waals surface area contributed by atoms with Crippen LogP contribution in [0.4, 0.5) is 0 Å². The van der Waals surface area contributed by atoms with Crippen molar-refractivity contribution in [1.29, 1.82) is 0 Å². The molecule has 0 saturated carbocycles. The number of nitrogens with zero attached hydrogens (tertiary/aromatic N) is 2. The summed E-state index contributed by atoms with van der Waals surface area (Å²) in [4.78, 5) is 40.2. The van der Waals surface area contributed by atoms with Crippen molar-refractivity contribution >= 4 is 15.6 Å². The van der Waals surface area contributed by atoms with Gasteiger partial charge in [0.1, 0.15) is 18.4 Å². The number of phosphoric ester groups is 2. The maximum Gasteiger partial charge on any atom is 0.469 e. The van der Waals surface area contributed by atoms with Gasteiger partial charge in [-0.1, -0.05) is 0 Å². The molecule has 3 aliphatic rings. The standard InChI is InChI=1S/C12H27N5O9P2/c1-13-11-10-12(16(2)5-15-11)17(6-14-10)9-3-7(26-28(21,22)23)8(25-9)4-24-27(18,19)20/h7-15H,3-6H2,1-2H3,(H2,18,19,20)(H2,21,22,23)/t7-,8+,9+,10?,11?,12?/m0/s1. The topological polar surface area (TPSA) is 185 Å². The Morgan fingerprint density at radius 1 is 1.18 bits per heavy atom. The van der Waals surface area contributed by atoms with Crippen molar-refractivity contribution < 1.29 is 42.5 Å². The van der Waals surface area contributed by atoms with Crippen molar-refractivity contribution in [2.45, 2.75) is 43.2 Å². The van der Waals surface area contributed by atoms with E-state index in [4.69, 9.17) is 28.8 Å². The molecule has 28 heavy (non-hydrogen) atoms. The van der Waals surface area contributed by atoms with Crippen LogP contribution in [-0.2, 0) is 22.9 Å². The molecule has 16 heteroatoms. The van der Waals surface area contributed by atoms with Gasteiger partial charge in [-0.2, -0.15) is 0 Å². The Morgan fingerprint density at radius 2 is 1.89 bits per heavy atom. The maximum atomic E-state index is 11.3. The van der Waals surface area contributed by atoms with E-state index < -0.39 is 40.7 Å². The summed E-state index contributed by atoms with van der Waals surface area (Å²) < 4.78 is 37.4. The SMILES string of the molecule is CNC1NCN(C)C2C1NCN2[C@H]1C[C@H](OP(=O)(O)O)[C@@H](COP(=O)(O)O)O1. The molecule has 14 nitrogen and oxygen atoms in total. The molecule has 7 N–H and O–H groups in total. The number of nitrogens with one attached hydrogen (secondary N) is 3. The van der Waals surface area contributed by atoms with Crippen LogP contribution in [0.1, 0.15) is 6.42 Å². The number of hydrogen-bond donors (Lipinski definition) is 7. The van der Waals surface area contributed by atoms with Crippen molar-refractivity contribution in [3.05, 3.63) is 0 Å². The van der Waals surface area contributed by atoms with Crippen LogP contribution >= 0.6 is 15.6 Å². The minimum atomic E-state index is -4.82. The summed E-state index contributed by atoms with van der Waals surface area (Å²) in [5.41, 5.74) is 0. The predicted octanol–water partition coefficient (Wildman–Crippen LogP) is -2.72. The monoisotopic (exact) mass is 447 g/mol. The molecule has 3 heterocycles. The van der Waals surface area contributed by atoms with Crippen LogP contribution in [0.25, 0.3) is 0 Å². The summed E-state index contributed by atoms with van der Waals surface area (Å²) in [6, 6.07) is 0.0268. The molecule has 0 amide bonds. The number of ether oxygens (including phenoxy) is 1. The van der Waals surface area contributed by atoms with Crippen LogP contribution in [-0.4, -0.2) is 100 Å². The van der Waals surface area contributed by atoms with E-state index in [0.717, 1.165) is 0 Å². The Balaban J connectivity index is 1.73. The zero-order chi connectivity index (χ0) is 20.7. The molecule has 164 valence electrons. The van der Waals surface area contributed by atoms with Gasteiger partial charge >= 0.3 is 15.6 Å². The van der Waals surface area contributed by atoms with E-state index in [9.17, 15) is 9.13 Å². The second-order valence-corrected chi connectivity index (χ2v) is 9.42. The Morgan fingerprint density at radius 3 is 2.50 bits per heavy atom. The van der Waals surface area contributed by atoms with E-state index >= 15 is 0 Å². The summed E-state index contributed by atoms with van der Waals surface area (Å²) in [7, 11) is -5.81. The molecule has 0 aromatic carbocycles. The lowest BCUT2D eigenvalue weighted by atomic mass is 10.1. The Kier molecular flexibility index (Phi) is 6.97. The summed E-state index contributed by atoms with van der Waals surface area (Å²) in [5, 5.41) is 9.91. The fraction of sp³-hybridized carbons (Fsp3) is 1.00. The highest BCUT2D eigenvalue weighted by Gasteiger charge is 2.50. The molecule has 0 aromatic heterocycles. The molecule has 3 fully saturated rings. The molecule has 0 bridgehead atoms. The van der Waals surface area contributed by atoms with Gasteiger partial charge in [0.05, 0.1) is 38.3 Å². The normalized spacial score (nSPS) is 38.1. The van der Waals surface area contributed by atoms with Crippen LogP contribution in [0.3, 0.4) is 0 Å². The Bertz CT molecular complexity index is 647. The quantitative estimate of drug-likeness (QED) is 0.200. The van der Waals surface area contributed by atoms with Crippen LogP contribution in [0.2, 0.25) is 0 Å². The molecule has 3 rings (SSSR count). The first-order valence-corrected chi connectivity index (χ1v) is 11.7. The lowest BCUT2D eigenvalue weighted by Crippen LogP contribution is -2.68. The number of fused-ring (bicyclic) bond motifs is 1.